The Morgan fingerprint density at radius 3 is 2.69 bits per heavy atom. The summed E-state index contributed by atoms with van der Waals surface area (Å²) in [6.07, 6.45) is 16.9. The van der Waals surface area contributed by atoms with E-state index in [1.807, 2.05) is 0 Å². The van der Waals surface area contributed by atoms with Gasteiger partial charge in [0.2, 0.25) is 0 Å². The summed E-state index contributed by atoms with van der Waals surface area (Å²) in [5, 5.41) is 4.69. The molecule has 4 aliphatic rings. The number of carbonyl (C=O) groups is 1. The number of hydrazone groups is 1. The predicted molar refractivity (Wildman–Crippen MR) is 115 cm³/mol. The first kappa shape index (κ1) is 19.3. The first-order valence-corrected chi connectivity index (χ1v) is 11.8. The molecule has 1 N–H and O–H groups in total. The van der Waals surface area contributed by atoms with Gasteiger partial charge in [0, 0.05) is 29.1 Å². The maximum Gasteiger partial charge on any atom is 0.271 e. The molecule has 29 heavy (non-hydrogen) atoms. The topological polar surface area (TPSA) is 54.4 Å². The third kappa shape index (κ3) is 3.05. The number of rotatable bonds is 2. The van der Waals surface area contributed by atoms with Gasteiger partial charge < -0.3 is 0 Å². The van der Waals surface area contributed by atoms with Gasteiger partial charge in [-0.3, -0.25) is 9.78 Å². The van der Waals surface area contributed by atoms with Crippen LogP contribution in [0, 0.1) is 34.5 Å². The van der Waals surface area contributed by atoms with Crippen LogP contribution < -0.4 is 5.43 Å². The van der Waals surface area contributed by atoms with Crippen LogP contribution in [0.2, 0.25) is 0 Å². The lowest BCUT2D eigenvalue weighted by molar-refractivity contribution is -0.0936. The molecule has 5 rings (SSSR count). The number of aromatic nitrogens is 1. The van der Waals surface area contributed by atoms with E-state index in [2.05, 4.69) is 29.4 Å². The Bertz CT molecular complexity index is 806. The summed E-state index contributed by atoms with van der Waals surface area (Å²) < 4.78 is 0. The fourth-order valence-corrected chi connectivity index (χ4v) is 7.95. The number of amides is 1. The van der Waals surface area contributed by atoms with Gasteiger partial charge >= 0.3 is 0 Å². The van der Waals surface area contributed by atoms with E-state index in [1.54, 1.807) is 24.5 Å². The molecule has 4 aliphatic carbocycles. The van der Waals surface area contributed by atoms with Crippen molar-refractivity contribution in [2.45, 2.75) is 78.1 Å². The SMILES string of the molecule is C[C@]12CCC3C(CC[C@H]4CCCC[C@]34C)C1CC/C2=N/NC(=O)c1ccncc1. The zero-order valence-corrected chi connectivity index (χ0v) is 18.0. The van der Waals surface area contributed by atoms with Gasteiger partial charge in [-0.05, 0) is 92.6 Å². The maximum atomic E-state index is 12.4. The molecule has 0 aliphatic heterocycles. The van der Waals surface area contributed by atoms with Gasteiger partial charge in [-0.25, -0.2) is 5.43 Å². The summed E-state index contributed by atoms with van der Waals surface area (Å²) in [6.45, 7) is 5.07. The average Bonchev–Trinajstić information content (AvgIpc) is 3.08. The molecule has 1 amide bonds. The Kier molecular flexibility index (Phi) is 4.79. The average molecular weight is 394 g/mol. The molecule has 0 bridgehead atoms. The molecular formula is C25H35N3O. The van der Waals surface area contributed by atoms with E-state index in [9.17, 15) is 4.79 Å². The second-order valence-corrected chi connectivity index (χ2v) is 10.6. The Labute approximate surface area is 175 Å². The zero-order valence-electron chi connectivity index (χ0n) is 18.0. The van der Waals surface area contributed by atoms with E-state index in [0.29, 0.717) is 11.0 Å². The van der Waals surface area contributed by atoms with Crippen LogP contribution in [0.4, 0.5) is 0 Å². The fourth-order valence-electron chi connectivity index (χ4n) is 7.95. The van der Waals surface area contributed by atoms with Crippen molar-refractivity contribution in [2.24, 2.45) is 39.6 Å². The molecule has 6 atom stereocenters. The van der Waals surface area contributed by atoms with Gasteiger partial charge in [-0.2, -0.15) is 5.10 Å². The zero-order chi connectivity index (χ0) is 20.1. The van der Waals surface area contributed by atoms with Crippen LogP contribution in [-0.2, 0) is 0 Å². The van der Waals surface area contributed by atoms with Crippen molar-refractivity contribution in [3.8, 4) is 0 Å². The molecule has 4 heteroatoms. The summed E-state index contributed by atoms with van der Waals surface area (Å²) in [5.74, 6) is 3.35. The predicted octanol–water partition coefficient (Wildman–Crippen LogP) is 5.60. The van der Waals surface area contributed by atoms with Crippen molar-refractivity contribution < 1.29 is 4.79 Å². The van der Waals surface area contributed by atoms with E-state index >= 15 is 0 Å². The lowest BCUT2D eigenvalue weighted by atomic mass is 9.45. The standard InChI is InChI=1S/C25H35N3O/c1-24-13-4-3-5-18(24)6-7-19-20-8-9-22(25(20,2)14-10-21(19)24)27-28-23(29)17-11-15-26-16-12-17/h11-12,15-16,18-21H,3-10,13-14H2,1-2H3,(H,28,29)/b27-22-/t18-,19?,20?,21?,24+,25+/m1/s1. The van der Waals surface area contributed by atoms with Crippen LogP contribution in [0.25, 0.3) is 0 Å². The first-order valence-electron chi connectivity index (χ1n) is 11.8. The summed E-state index contributed by atoms with van der Waals surface area (Å²) in [5.41, 5.74) is 5.45. The van der Waals surface area contributed by atoms with Crippen LogP contribution in [0.1, 0.15) is 88.4 Å². The van der Waals surface area contributed by atoms with Gasteiger partial charge in [-0.15, -0.1) is 0 Å². The number of fused-ring (bicyclic) bond motifs is 5. The lowest BCUT2D eigenvalue weighted by Crippen LogP contribution is -2.52. The van der Waals surface area contributed by atoms with Crippen molar-refractivity contribution in [3.63, 3.8) is 0 Å². The minimum Gasteiger partial charge on any atom is -0.267 e. The van der Waals surface area contributed by atoms with E-state index in [1.165, 1.54) is 63.5 Å². The smallest absolute Gasteiger partial charge is 0.267 e. The van der Waals surface area contributed by atoms with E-state index in [-0.39, 0.29) is 11.3 Å². The Morgan fingerprint density at radius 2 is 1.86 bits per heavy atom. The van der Waals surface area contributed by atoms with Crippen LogP contribution in [-0.4, -0.2) is 16.6 Å². The van der Waals surface area contributed by atoms with Gasteiger partial charge in [0.15, 0.2) is 0 Å². The molecule has 1 heterocycles. The van der Waals surface area contributed by atoms with Gasteiger partial charge in [0.05, 0.1) is 0 Å². The Morgan fingerprint density at radius 1 is 1.03 bits per heavy atom. The van der Waals surface area contributed by atoms with E-state index < -0.39 is 0 Å². The lowest BCUT2D eigenvalue weighted by Gasteiger charge is -2.59. The molecule has 156 valence electrons. The van der Waals surface area contributed by atoms with Crippen LogP contribution in [0.15, 0.2) is 29.6 Å². The minimum absolute atomic E-state index is 0.129. The van der Waals surface area contributed by atoms with Crippen molar-refractivity contribution in [2.75, 3.05) is 0 Å². The molecule has 0 saturated heterocycles. The molecule has 4 saturated carbocycles. The highest BCUT2D eigenvalue weighted by molar-refractivity contribution is 5.97. The summed E-state index contributed by atoms with van der Waals surface area (Å²) in [7, 11) is 0. The highest BCUT2D eigenvalue weighted by atomic mass is 16.2. The molecule has 4 nitrogen and oxygen atoms in total. The van der Waals surface area contributed by atoms with Crippen molar-refractivity contribution >= 4 is 11.6 Å². The summed E-state index contributed by atoms with van der Waals surface area (Å²) in [4.78, 5) is 16.4. The molecule has 4 fully saturated rings. The molecule has 1 aromatic heterocycles. The number of hydrogen-bond donors (Lipinski definition) is 1. The number of hydrogen-bond acceptors (Lipinski definition) is 3. The summed E-state index contributed by atoms with van der Waals surface area (Å²) in [6, 6.07) is 3.48. The number of nitrogens with zero attached hydrogens (tertiary/aromatic N) is 2. The number of pyridine rings is 1. The molecule has 0 aromatic carbocycles. The Hall–Kier alpha value is -1.71. The second-order valence-electron chi connectivity index (χ2n) is 10.6. The largest absolute Gasteiger partial charge is 0.271 e. The van der Waals surface area contributed by atoms with Gasteiger partial charge in [0.1, 0.15) is 0 Å². The third-order valence-corrected chi connectivity index (χ3v) is 9.56. The highest BCUT2D eigenvalue weighted by Crippen LogP contribution is 2.65. The van der Waals surface area contributed by atoms with Crippen LogP contribution in [0.5, 0.6) is 0 Å². The quantitative estimate of drug-likeness (QED) is 0.665. The van der Waals surface area contributed by atoms with Crippen molar-refractivity contribution in [1.29, 1.82) is 0 Å². The highest BCUT2D eigenvalue weighted by Gasteiger charge is 2.58. The second kappa shape index (κ2) is 7.21. The number of nitrogens with one attached hydrogen (secondary N) is 1. The maximum absolute atomic E-state index is 12.4. The normalized spacial score (nSPS) is 42.6. The molecule has 0 radical (unpaired) electrons. The van der Waals surface area contributed by atoms with Gasteiger partial charge in [-0.1, -0.05) is 26.7 Å². The van der Waals surface area contributed by atoms with E-state index in [0.717, 1.165) is 30.1 Å². The molecule has 1 aromatic rings. The molecule has 0 spiro atoms. The minimum atomic E-state index is -0.129. The van der Waals surface area contributed by atoms with Crippen molar-refractivity contribution in [1.82, 2.24) is 10.4 Å². The third-order valence-electron chi connectivity index (χ3n) is 9.56. The number of carbonyl (C=O) groups excluding carboxylic acids is 1. The van der Waals surface area contributed by atoms with Crippen molar-refractivity contribution in [3.05, 3.63) is 30.1 Å². The monoisotopic (exact) mass is 393 g/mol. The van der Waals surface area contributed by atoms with Crippen LogP contribution in [0.3, 0.4) is 0 Å². The van der Waals surface area contributed by atoms with Gasteiger partial charge in [0.25, 0.3) is 5.91 Å². The molecular weight excluding hydrogens is 358 g/mol. The fraction of sp³-hybridized carbons (Fsp3) is 0.720. The molecule has 3 unspecified atom stereocenters. The summed E-state index contributed by atoms with van der Waals surface area (Å²) >= 11 is 0. The first-order chi connectivity index (χ1) is 14.0. The Balaban J connectivity index is 1.34. The van der Waals surface area contributed by atoms with E-state index in [4.69, 9.17) is 0 Å². The van der Waals surface area contributed by atoms with Crippen LogP contribution >= 0.6 is 0 Å².